The number of amides is 2. The van der Waals surface area contributed by atoms with Gasteiger partial charge in [0.25, 0.3) is 5.91 Å². The van der Waals surface area contributed by atoms with Crippen molar-refractivity contribution in [1.82, 2.24) is 9.78 Å². The second-order valence-electron chi connectivity index (χ2n) is 7.46. The average molecular weight is 399 g/mol. The highest BCUT2D eigenvalue weighted by atomic mass is 16.6. The molecule has 2 heterocycles. The number of benzene rings is 1. The van der Waals surface area contributed by atoms with Gasteiger partial charge in [0.1, 0.15) is 5.69 Å². The number of aromatic nitrogens is 2. The Morgan fingerprint density at radius 3 is 2.31 bits per heavy atom. The summed E-state index contributed by atoms with van der Waals surface area (Å²) >= 11 is 0. The van der Waals surface area contributed by atoms with Crippen LogP contribution in [-0.4, -0.2) is 41.0 Å². The predicted octanol–water partition coefficient (Wildman–Crippen LogP) is 4.23. The molecule has 0 bridgehead atoms. The van der Waals surface area contributed by atoms with E-state index in [1.165, 1.54) is 0 Å². The Morgan fingerprint density at radius 1 is 1.07 bits per heavy atom. The SMILES string of the molecule is CCOC(=O)N1c2cc(C)c(C)cc2N(C(=O)c2cc(C)nn2CC)CC1CC. The van der Waals surface area contributed by atoms with E-state index in [0.29, 0.717) is 31.8 Å². The molecule has 1 aliphatic heterocycles. The number of carbonyl (C=O) groups excluding carboxylic acids is 2. The van der Waals surface area contributed by atoms with Crippen LogP contribution in [0.1, 0.15) is 54.5 Å². The zero-order valence-electron chi connectivity index (χ0n) is 18.2. The van der Waals surface area contributed by atoms with Crippen molar-refractivity contribution in [2.24, 2.45) is 0 Å². The van der Waals surface area contributed by atoms with Gasteiger partial charge < -0.3 is 9.64 Å². The molecule has 156 valence electrons. The number of hydrogen-bond donors (Lipinski definition) is 0. The monoisotopic (exact) mass is 398 g/mol. The maximum absolute atomic E-state index is 13.5. The van der Waals surface area contributed by atoms with Gasteiger partial charge in [-0.25, -0.2) is 4.79 Å². The van der Waals surface area contributed by atoms with Crippen molar-refractivity contribution in [3.05, 3.63) is 40.7 Å². The number of nitrogens with zero attached hydrogens (tertiary/aromatic N) is 4. The van der Waals surface area contributed by atoms with Crippen LogP contribution >= 0.6 is 0 Å². The molecule has 1 atom stereocenters. The molecule has 7 nitrogen and oxygen atoms in total. The van der Waals surface area contributed by atoms with E-state index in [1.54, 1.807) is 21.4 Å². The summed E-state index contributed by atoms with van der Waals surface area (Å²) in [4.78, 5) is 29.8. The quantitative estimate of drug-likeness (QED) is 0.773. The lowest BCUT2D eigenvalue weighted by molar-refractivity contribution is 0.0971. The first-order valence-electron chi connectivity index (χ1n) is 10.3. The van der Waals surface area contributed by atoms with Gasteiger partial charge in [-0.1, -0.05) is 6.92 Å². The van der Waals surface area contributed by atoms with Crippen LogP contribution in [0.25, 0.3) is 0 Å². The van der Waals surface area contributed by atoms with Crippen molar-refractivity contribution < 1.29 is 14.3 Å². The highest BCUT2D eigenvalue weighted by Gasteiger charge is 2.38. The summed E-state index contributed by atoms with van der Waals surface area (Å²) in [5, 5.41) is 4.42. The van der Waals surface area contributed by atoms with E-state index in [-0.39, 0.29) is 18.0 Å². The smallest absolute Gasteiger partial charge is 0.414 e. The molecule has 0 fully saturated rings. The molecule has 2 amide bonds. The molecule has 29 heavy (non-hydrogen) atoms. The average Bonchev–Trinajstić information content (AvgIpc) is 3.08. The van der Waals surface area contributed by atoms with Crippen molar-refractivity contribution in [2.75, 3.05) is 23.0 Å². The Morgan fingerprint density at radius 2 is 1.72 bits per heavy atom. The Kier molecular flexibility index (Phi) is 5.96. The fraction of sp³-hybridized carbons (Fsp3) is 0.500. The van der Waals surface area contributed by atoms with E-state index in [4.69, 9.17) is 4.74 Å². The Bertz CT molecular complexity index is 934. The second-order valence-corrected chi connectivity index (χ2v) is 7.46. The molecule has 1 aromatic heterocycles. The van der Waals surface area contributed by atoms with Gasteiger partial charge in [0, 0.05) is 13.1 Å². The summed E-state index contributed by atoms with van der Waals surface area (Å²) < 4.78 is 7.06. The third-order valence-electron chi connectivity index (χ3n) is 5.50. The van der Waals surface area contributed by atoms with Crippen LogP contribution in [-0.2, 0) is 11.3 Å². The topological polar surface area (TPSA) is 67.7 Å². The Balaban J connectivity index is 2.14. The third-order valence-corrected chi connectivity index (χ3v) is 5.50. The molecule has 1 aromatic carbocycles. The molecule has 0 N–H and O–H groups in total. The highest BCUT2D eigenvalue weighted by Crippen LogP contribution is 2.39. The van der Waals surface area contributed by atoms with E-state index < -0.39 is 0 Å². The summed E-state index contributed by atoms with van der Waals surface area (Å²) in [6.07, 6.45) is 0.339. The van der Waals surface area contributed by atoms with Crippen LogP contribution in [0, 0.1) is 20.8 Å². The third kappa shape index (κ3) is 3.73. The zero-order valence-corrected chi connectivity index (χ0v) is 18.2. The fourth-order valence-corrected chi connectivity index (χ4v) is 3.82. The number of fused-ring (bicyclic) bond motifs is 1. The number of hydrogen-bond acceptors (Lipinski definition) is 4. The van der Waals surface area contributed by atoms with E-state index in [9.17, 15) is 9.59 Å². The van der Waals surface area contributed by atoms with Gasteiger partial charge in [-0.3, -0.25) is 14.4 Å². The van der Waals surface area contributed by atoms with Crippen LogP contribution in [0.3, 0.4) is 0 Å². The van der Waals surface area contributed by atoms with Crippen molar-refractivity contribution >= 4 is 23.4 Å². The van der Waals surface area contributed by atoms with E-state index >= 15 is 0 Å². The van der Waals surface area contributed by atoms with Gasteiger partial charge in [0.2, 0.25) is 0 Å². The fourth-order valence-electron chi connectivity index (χ4n) is 3.82. The molecule has 2 aromatic rings. The number of rotatable bonds is 4. The van der Waals surface area contributed by atoms with Crippen molar-refractivity contribution in [3.8, 4) is 0 Å². The second kappa shape index (κ2) is 8.27. The van der Waals surface area contributed by atoms with Crippen LogP contribution in [0.2, 0.25) is 0 Å². The molecule has 7 heteroatoms. The first-order valence-corrected chi connectivity index (χ1v) is 10.3. The van der Waals surface area contributed by atoms with Crippen LogP contribution in [0.15, 0.2) is 18.2 Å². The molecule has 1 aliphatic rings. The number of anilines is 2. The van der Waals surface area contributed by atoms with Crippen molar-refractivity contribution in [3.63, 3.8) is 0 Å². The zero-order chi connectivity index (χ0) is 21.3. The molecule has 0 spiro atoms. The summed E-state index contributed by atoms with van der Waals surface area (Å²) in [7, 11) is 0. The molecule has 0 radical (unpaired) electrons. The highest BCUT2D eigenvalue weighted by molar-refractivity contribution is 6.09. The van der Waals surface area contributed by atoms with Crippen molar-refractivity contribution in [1.29, 1.82) is 0 Å². The van der Waals surface area contributed by atoms with Crippen LogP contribution in [0.5, 0.6) is 0 Å². The summed E-state index contributed by atoms with van der Waals surface area (Å²) in [5.74, 6) is -0.0982. The molecule has 0 saturated carbocycles. The molecule has 0 aliphatic carbocycles. The summed E-state index contributed by atoms with van der Waals surface area (Å²) in [6, 6.07) is 5.63. The predicted molar refractivity (Wildman–Crippen MR) is 114 cm³/mol. The molecule has 0 saturated heterocycles. The Hall–Kier alpha value is -2.83. The minimum atomic E-state index is -0.370. The lowest BCUT2D eigenvalue weighted by Crippen LogP contribution is -2.53. The van der Waals surface area contributed by atoms with Gasteiger partial charge in [-0.2, -0.15) is 5.10 Å². The van der Waals surface area contributed by atoms with E-state index in [0.717, 1.165) is 28.2 Å². The summed E-state index contributed by atoms with van der Waals surface area (Å²) in [6.45, 7) is 13.0. The first-order chi connectivity index (χ1) is 13.8. The van der Waals surface area contributed by atoms with Crippen LogP contribution < -0.4 is 9.80 Å². The van der Waals surface area contributed by atoms with Gasteiger partial charge >= 0.3 is 6.09 Å². The Labute approximate surface area is 172 Å². The lowest BCUT2D eigenvalue weighted by atomic mass is 10.00. The molecule has 1 unspecified atom stereocenters. The van der Waals surface area contributed by atoms with Crippen LogP contribution in [0.4, 0.5) is 16.2 Å². The maximum Gasteiger partial charge on any atom is 0.414 e. The number of aryl methyl sites for hydroxylation is 4. The first kappa shape index (κ1) is 20.9. The molecular weight excluding hydrogens is 368 g/mol. The molecular formula is C22H30N4O3. The van der Waals surface area contributed by atoms with Gasteiger partial charge in [0.05, 0.1) is 29.7 Å². The number of ether oxygens (including phenoxy) is 1. The van der Waals surface area contributed by atoms with E-state index in [1.807, 2.05) is 52.8 Å². The largest absolute Gasteiger partial charge is 0.449 e. The van der Waals surface area contributed by atoms with Crippen molar-refractivity contribution in [2.45, 2.75) is 60.5 Å². The summed E-state index contributed by atoms with van der Waals surface area (Å²) in [5.41, 5.74) is 4.97. The minimum absolute atomic E-state index is 0.0982. The van der Waals surface area contributed by atoms with Gasteiger partial charge in [-0.15, -0.1) is 0 Å². The standard InChI is InChI=1S/C22H30N4O3/c1-7-17-13-24(21(27)20-12-16(6)23-25(20)8-2)18-10-14(4)15(5)11-19(18)26(17)22(28)29-9-3/h10-12,17H,7-9,13H2,1-6H3. The van der Waals surface area contributed by atoms with Gasteiger partial charge in [0.15, 0.2) is 0 Å². The lowest BCUT2D eigenvalue weighted by Gasteiger charge is -2.42. The normalized spacial score (nSPS) is 16.0. The molecule has 3 rings (SSSR count). The maximum atomic E-state index is 13.5. The van der Waals surface area contributed by atoms with E-state index in [2.05, 4.69) is 5.10 Å². The van der Waals surface area contributed by atoms with Gasteiger partial charge in [-0.05, 0) is 70.4 Å². The number of carbonyl (C=O) groups is 2. The minimum Gasteiger partial charge on any atom is -0.449 e.